The Kier molecular flexibility index (Phi) is 10.4. The van der Waals surface area contributed by atoms with Gasteiger partial charge in [0.15, 0.2) is 10.8 Å². The fourth-order valence-corrected chi connectivity index (χ4v) is 6.01. The second kappa shape index (κ2) is 13.8. The Morgan fingerprint density at radius 2 is 1.95 bits per heavy atom. The first-order valence-corrected chi connectivity index (χ1v) is 15.3. The molecule has 0 bridgehead atoms. The van der Waals surface area contributed by atoms with E-state index in [0.29, 0.717) is 40.0 Å². The molecule has 3 aromatic rings. The molecule has 0 saturated carbocycles. The number of nitrogens with zero attached hydrogens (tertiary/aromatic N) is 5. The van der Waals surface area contributed by atoms with Gasteiger partial charge in [-0.1, -0.05) is 25.4 Å². The summed E-state index contributed by atoms with van der Waals surface area (Å²) >= 11 is 6.45. The molecule has 2 N–H and O–H groups in total. The summed E-state index contributed by atoms with van der Waals surface area (Å²) in [4.78, 5) is 11.5. The first kappa shape index (κ1) is 30.2. The monoisotopic (exact) mass is 589 g/mol. The molecule has 1 saturated heterocycles. The number of aromatic nitrogens is 4. The van der Waals surface area contributed by atoms with E-state index in [9.17, 15) is 4.21 Å². The van der Waals surface area contributed by atoms with E-state index in [-0.39, 0.29) is 5.25 Å². The third-order valence-electron chi connectivity index (χ3n) is 6.96. The fraction of sp³-hybridized carbons (Fsp3) is 0.536. The van der Waals surface area contributed by atoms with Gasteiger partial charge in [-0.05, 0) is 69.0 Å². The maximum absolute atomic E-state index is 12.8. The maximum atomic E-state index is 12.8. The Morgan fingerprint density at radius 1 is 1.20 bits per heavy atom. The zero-order valence-corrected chi connectivity index (χ0v) is 25.7. The van der Waals surface area contributed by atoms with E-state index in [1.54, 1.807) is 25.0 Å². The molecule has 0 radical (unpaired) electrons. The summed E-state index contributed by atoms with van der Waals surface area (Å²) in [6.45, 7) is 12.3. The van der Waals surface area contributed by atoms with Crippen molar-refractivity contribution in [3.8, 4) is 5.75 Å². The second-order valence-corrected chi connectivity index (χ2v) is 12.6. The van der Waals surface area contributed by atoms with Gasteiger partial charge in [0.1, 0.15) is 10.8 Å². The van der Waals surface area contributed by atoms with Crippen LogP contribution in [0.1, 0.15) is 50.7 Å². The second-order valence-electron chi connectivity index (χ2n) is 10.3. The zero-order valence-electron chi connectivity index (χ0n) is 24.2. The summed E-state index contributed by atoms with van der Waals surface area (Å²) in [5, 5.41) is 11.6. The molecule has 12 heteroatoms. The number of hydrogen-bond donors (Lipinski definition) is 2. The molecule has 0 spiro atoms. The lowest BCUT2D eigenvalue weighted by Gasteiger charge is -2.33. The molecule has 1 aliphatic rings. The van der Waals surface area contributed by atoms with Crippen molar-refractivity contribution >= 4 is 45.5 Å². The van der Waals surface area contributed by atoms with Crippen LogP contribution in [0.4, 0.5) is 23.1 Å². The summed E-state index contributed by atoms with van der Waals surface area (Å²) in [6.07, 6.45) is 5.51. The largest absolute Gasteiger partial charge is 0.492 e. The van der Waals surface area contributed by atoms with Crippen LogP contribution in [0.2, 0.25) is 5.02 Å². The van der Waals surface area contributed by atoms with Crippen molar-refractivity contribution in [1.82, 2.24) is 24.6 Å². The molecule has 40 heavy (non-hydrogen) atoms. The van der Waals surface area contributed by atoms with Crippen LogP contribution in [-0.2, 0) is 22.6 Å². The van der Waals surface area contributed by atoms with Gasteiger partial charge in [0.05, 0.1) is 41.6 Å². The van der Waals surface area contributed by atoms with Crippen LogP contribution in [0.3, 0.4) is 0 Å². The molecule has 2 aromatic heterocycles. The molecule has 10 nitrogen and oxygen atoms in total. The summed E-state index contributed by atoms with van der Waals surface area (Å²) < 4.78 is 25.7. The van der Waals surface area contributed by atoms with Crippen LogP contribution in [0, 0.1) is 6.92 Å². The average molecular weight is 590 g/mol. The Hall–Kier alpha value is -2.73. The van der Waals surface area contributed by atoms with Crippen LogP contribution in [0.15, 0.2) is 29.6 Å². The smallest absolute Gasteiger partial charge is 0.229 e. The quantitative estimate of drug-likeness (QED) is 0.287. The summed E-state index contributed by atoms with van der Waals surface area (Å²) in [5.74, 6) is 2.00. The fourth-order valence-electron chi connectivity index (χ4n) is 4.89. The van der Waals surface area contributed by atoms with Crippen LogP contribution in [-0.4, -0.2) is 74.1 Å². The first-order chi connectivity index (χ1) is 19.2. The molecule has 218 valence electrons. The highest BCUT2D eigenvalue weighted by atomic mass is 35.5. The third kappa shape index (κ3) is 7.31. The van der Waals surface area contributed by atoms with Crippen molar-refractivity contribution < 1.29 is 13.7 Å². The van der Waals surface area contributed by atoms with E-state index in [0.717, 1.165) is 50.5 Å². The lowest BCUT2D eigenvalue weighted by atomic mass is 9.86. The van der Waals surface area contributed by atoms with Gasteiger partial charge in [-0.3, -0.25) is 8.89 Å². The Morgan fingerprint density at radius 3 is 2.62 bits per heavy atom. The number of aryl methyl sites for hydroxylation is 2. The first-order valence-electron chi connectivity index (χ1n) is 13.7. The number of hydrogen-bond acceptors (Lipinski definition) is 9. The molecule has 1 aromatic carbocycles. The van der Waals surface area contributed by atoms with Crippen molar-refractivity contribution in [2.45, 2.75) is 56.7 Å². The molecular formula is C28H40ClN7O3S. The number of nitrogens with one attached hydrogen (secondary N) is 2. The molecular weight excluding hydrogens is 550 g/mol. The molecule has 1 atom stereocenters. The molecule has 1 aliphatic heterocycles. The topological polar surface area (TPSA) is 106 Å². The van der Waals surface area contributed by atoms with Crippen molar-refractivity contribution in [2.75, 3.05) is 50.6 Å². The van der Waals surface area contributed by atoms with Gasteiger partial charge < -0.3 is 25.0 Å². The SMILES string of the molecule is CCOc1cc(C2CCN(CCOC)CC2)c(C)cc1Nc1ncc(Cl)c(Nc2cn(C)nc2S(=O)C(C)C)n1. The number of anilines is 4. The van der Waals surface area contributed by atoms with Gasteiger partial charge >= 0.3 is 0 Å². The highest BCUT2D eigenvalue weighted by Gasteiger charge is 2.24. The molecule has 0 amide bonds. The number of methoxy groups -OCH3 is 1. The molecule has 1 fully saturated rings. The Labute approximate surface area is 244 Å². The number of likely N-dealkylation sites (tertiary alicyclic amines) is 1. The number of halogens is 1. The van der Waals surface area contributed by atoms with Crippen molar-refractivity contribution in [2.24, 2.45) is 7.05 Å². The van der Waals surface area contributed by atoms with Gasteiger partial charge in [0.2, 0.25) is 5.95 Å². The Bertz CT molecular complexity index is 1330. The number of rotatable bonds is 12. The van der Waals surface area contributed by atoms with E-state index in [1.807, 2.05) is 20.8 Å². The predicted octanol–water partition coefficient (Wildman–Crippen LogP) is 5.40. The number of benzene rings is 1. The predicted molar refractivity (Wildman–Crippen MR) is 161 cm³/mol. The summed E-state index contributed by atoms with van der Waals surface area (Å²) in [5.41, 5.74) is 3.90. The highest BCUT2D eigenvalue weighted by molar-refractivity contribution is 7.85. The molecule has 4 rings (SSSR count). The zero-order chi connectivity index (χ0) is 28.8. The third-order valence-corrected chi connectivity index (χ3v) is 8.78. The minimum Gasteiger partial charge on any atom is -0.492 e. The highest BCUT2D eigenvalue weighted by Crippen LogP contribution is 2.38. The van der Waals surface area contributed by atoms with Crippen LogP contribution in [0.25, 0.3) is 0 Å². The van der Waals surface area contributed by atoms with Crippen LogP contribution in [0.5, 0.6) is 5.75 Å². The number of ether oxygens (including phenoxy) is 2. The minimum absolute atomic E-state index is 0.0834. The van der Waals surface area contributed by atoms with E-state index in [4.69, 9.17) is 21.1 Å². The van der Waals surface area contributed by atoms with E-state index < -0.39 is 10.8 Å². The van der Waals surface area contributed by atoms with E-state index in [2.05, 4.69) is 49.7 Å². The molecule has 3 heterocycles. The minimum atomic E-state index is -1.28. The standard InChI is InChI=1S/C28H40ClN7O3S/c1-7-39-25-15-21(20-8-10-36(11-9-20)12-13-38-6)19(4)14-23(25)32-28-30-16-22(29)26(33-28)31-24-17-35(5)34-27(24)40(37)18(2)3/h14-18,20H,7-13H2,1-6H3,(H2,30,31,32,33). The van der Waals surface area contributed by atoms with Crippen molar-refractivity contribution in [1.29, 1.82) is 0 Å². The van der Waals surface area contributed by atoms with E-state index in [1.165, 1.54) is 17.3 Å². The average Bonchev–Trinajstić information content (AvgIpc) is 3.30. The van der Waals surface area contributed by atoms with Crippen LogP contribution >= 0.6 is 11.6 Å². The van der Waals surface area contributed by atoms with E-state index >= 15 is 0 Å². The molecule has 0 aliphatic carbocycles. The van der Waals surface area contributed by atoms with Gasteiger partial charge in [-0.25, -0.2) is 4.98 Å². The summed E-state index contributed by atoms with van der Waals surface area (Å²) in [6, 6.07) is 4.27. The van der Waals surface area contributed by atoms with Gasteiger partial charge in [0.25, 0.3) is 0 Å². The number of piperidine rings is 1. The maximum Gasteiger partial charge on any atom is 0.229 e. The van der Waals surface area contributed by atoms with Gasteiger partial charge in [0, 0.05) is 32.1 Å². The lowest BCUT2D eigenvalue weighted by Crippen LogP contribution is -2.35. The normalized spacial score (nSPS) is 15.4. The van der Waals surface area contributed by atoms with Crippen molar-refractivity contribution in [3.63, 3.8) is 0 Å². The van der Waals surface area contributed by atoms with Gasteiger partial charge in [-0.2, -0.15) is 10.1 Å². The molecule has 1 unspecified atom stereocenters. The van der Waals surface area contributed by atoms with Crippen LogP contribution < -0.4 is 15.4 Å². The summed E-state index contributed by atoms with van der Waals surface area (Å²) in [7, 11) is 2.25. The van der Waals surface area contributed by atoms with Crippen molar-refractivity contribution in [3.05, 3.63) is 40.7 Å². The Balaban J connectivity index is 1.55. The van der Waals surface area contributed by atoms with Gasteiger partial charge in [-0.15, -0.1) is 0 Å². The lowest BCUT2D eigenvalue weighted by molar-refractivity contribution is 0.130.